The predicted octanol–water partition coefficient (Wildman–Crippen LogP) is 2.67. The molecule has 5 heteroatoms. The number of carboxylic acid groups (broad SMARTS) is 1. The highest BCUT2D eigenvalue weighted by atomic mass is 16.4. The molecule has 0 aliphatic carbocycles. The van der Waals surface area contributed by atoms with Crippen molar-refractivity contribution in [2.45, 2.75) is 33.2 Å². The van der Waals surface area contributed by atoms with Crippen molar-refractivity contribution in [1.29, 1.82) is 0 Å². The second-order valence-electron chi connectivity index (χ2n) is 5.77. The van der Waals surface area contributed by atoms with E-state index in [-0.39, 0.29) is 5.92 Å². The number of nitrogens with zero attached hydrogens (tertiary/aromatic N) is 3. The maximum atomic E-state index is 11.2. The van der Waals surface area contributed by atoms with E-state index in [0.717, 1.165) is 42.9 Å². The second kappa shape index (κ2) is 5.39. The summed E-state index contributed by atoms with van der Waals surface area (Å²) in [5.41, 5.74) is 3.30. The van der Waals surface area contributed by atoms with E-state index in [9.17, 15) is 9.90 Å². The van der Waals surface area contributed by atoms with Gasteiger partial charge in [0.15, 0.2) is 0 Å². The number of rotatable bonds is 3. The molecule has 0 saturated carbocycles. The quantitative estimate of drug-likeness (QED) is 0.943. The van der Waals surface area contributed by atoms with Gasteiger partial charge in [-0.3, -0.25) is 4.79 Å². The lowest BCUT2D eigenvalue weighted by Crippen LogP contribution is -2.40. The average molecular weight is 287 g/mol. The average Bonchev–Trinajstić information content (AvgIpc) is 2.84. The second-order valence-corrected chi connectivity index (χ2v) is 5.77. The molecule has 3 rings (SSSR count). The van der Waals surface area contributed by atoms with E-state index in [1.54, 1.807) is 0 Å². The Kier molecular flexibility index (Phi) is 3.57. The van der Waals surface area contributed by atoms with Crippen molar-refractivity contribution in [3.05, 3.63) is 23.8 Å². The summed E-state index contributed by atoms with van der Waals surface area (Å²) in [4.78, 5) is 18.1. The summed E-state index contributed by atoms with van der Waals surface area (Å²) in [6, 6.07) is 6.28. The molecule has 0 spiro atoms. The van der Waals surface area contributed by atoms with Crippen LogP contribution < -0.4 is 4.90 Å². The van der Waals surface area contributed by atoms with Crippen molar-refractivity contribution < 1.29 is 9.90 Å². The van der Waals surface area contributed by atoms with E-state index in [1.807, 2.05) is 0 Å². The van der Waals surface area contributed by atoms with E-state index in [0.29, 0.717) is 6.54 Å². The lowest BCUT2D eigenvalue weighted by Gasteiger charge is -2.31. The zero-order valence-electron chi connectivity index (χ0n) is 12.5. The van der Waals surface area contributed by atoms with Crippen LogP contribution in [-0.4, -0.2) is 33.7 Å². The molecular formula is C16H21N3O2. The third-order valence-electron chi connectivity index (χ3n) is 4.25. The van der Waals surface area contributed by atoms with Gasteiger partial charge in [-0.15, -0.1) is 0 Å². The third kappa shape index (κ3) is 2.48. The van der Waals surface area contributed by atoms with E-state index in [1.165, 1.54) is 5.56 Å². The fourth-order valence-electron chi connectivity index (χ4n) is 3.14. The molecule has 2 heterocycles. The third-order valence-corrected chi connectivity index (χ3v) is 4.25. The number of carboxylic acids is 1. The van der Waals surface area contributed by atoms with Crippen LogP contribution in [0.25, 0.3) is 11.0 Å². The standard InChI is InChI=1S/C16H21N3O2/c1-3-19-14-7-6-11(2)9-13(14)17-16(19)18-8-4-5-12(10-18)15(20)21/h6-7,9,12H,3-5,8,10H2,1-2H3,(H,20,21). The van der Waals surface area contributed by atoms with Gasteiger partial charge in [0.25, 0.3) is 0 Å². The van der Waals surface area contributed by atoms with Crippen LogP contribution in [0, 0.1) is 12.8 Å². The zero-order valence-corrected chi connectivity index (χ0v) is 12.5. The number of aryl methyl sites for hydroxylation is 2. The molecule has 21 heavy (non-hydrogen) atoms. The summed E-state index contributed by atoms with van der Waals surface area (Å²) < 4.78 is 2.18. The molecule has 1 saturated heterocycles. The number of imidazole rings is 1. The molecule has 1 aliphatic rings. The van der Waals surface area contributed by atoms with Gasteiger partial charge in [0.05, 0.1) is 17.0 Å². The van der Waals surface area contributed by atoms with Crippen LogP contribution in [0.15, 0.2) is 18.2 Å². The highest BCUT2D eigenvalue weighted by Gasteiger charge is 2.28. The first-order valence-corrected chi connectivity index (χ1v) is 7.54. The minimum atomic E-state index is -0.699. The van der Waals surface area contributed by atoms with Crippen LogP contribution in [0.2, 0.25) is 0 Å². The first-order valence-electron chi connectivity index (χ1n) is 7.54. The number of aromatic nitrogens is 2. The van der Waals surface area contributed by atoms with Gasteiger partial charge in [-0.05, 0) is 44.4 Å². The van der Waals surface area contributed by atoms with Crippen molar-refractivity contribution in [3.63, 3.8) is 0 Å². The zero-order chi connectivity index (χ0) is 15.0. The Hall–Kier alpha value is -2.04. The molecule has 2 aromatic rings. The fourth-order valence-corrected chi connectivity index (χ4v) is 3.14. The highest BCUT2D eigenvalue weighted by molar-refractivity contribution is 5.80. The summed E-state index contributed by atoms with van der Waals surface area (Å²) in [7, 11) is 0. The minimum Gasteiger partial charge on any atom is -0.481 e. The Morgan fingerprint density at radius 1 is 1.48 bits per heavy atom. The minimum absolute atomic E-state index is 0.286. The number of carbonyl (C=O) groups is 1. The van der Waals surface area contributed by atoms with Crippen molar-refractivity contribution >= 4 is 23.0 Å². The van der Waals surface area contributed by atoms with Crippen molar-refractivity contribution in [3.8, 4) is 0 Å². The molecule has 0 radical (unpaired) electrons. The Labute approximate surface area is 124 Å². The van der Waals surface area contributed by atoms with Gasteiger partial charge in [0.1, 0.15) is 0 Å². The number of hydrogen-bond donors (Lipinski definition) is 1. The molecule has 0 amide bonds. The van der Waals surface area contributed by atoms with Crippen molar-refractivity contribution in [2.24, 2.45) is 5.92 Å². The summed E-state index contributed by atoms with van der Waals surface area (Å²) in [6.45, 7) is 6.43. The molecule has 1 aromatic carbocycles. The lowest BCUT2D eigenvalue weighted by atomic mass is 9.99. The van der Waals surface area contributed by atoms with Crippen LogP contribution in [0.4, 0.5) is 5.95 Å². The van der Waals surface area contributed by atoms with Crippen LogP contribution in [0.5, 0.6) is 0 Å². The van der Waals surface area contributed by atoms with E-state index in [2.05, 4.69) is 41.5 Å². The molecule has 0 bridgehead atoms. The largest absolute Gasteiger partial charge is 0.481 e. The predicted molar refractivity (Wildman–Crippen MR) is 82.7 cm³/mol. The summed E-state index contributed by atoms with van der Waals surface area (Å²) in [6.07, 6.45) is 1.67. The van der Waals surface area contributed by atoms with E-state index < -0.39 is 5.97 Å². The van der Waals surface area contributed by atoms with Crippen LogP contribution in [0.1, 0.15) is 25.3 Å². The smallest absolute Gasteiger partial charge is 0.308 e. The van der Waals surface area contributed by atoms with E-state index >= 15 is 0 Å². The topological polar surface area (TPSA) is 58.4 Å². The van der Waals surface area contributed by atoms with Gasteiger partial charge in [-0.1, -0.05) is 6.07 Å². The number of fused-ring (bicyclic) bond motifs is 1. The van der Waals surface area contributed by atoms with Gasteiger partial charge < -0.3 is 14.6 Å². The van der Waals surface area contributed by atoms with Crippen LogP contribution in [0.3, 0.4) is 0 Å². The lowest BCUT2D eigenvalue weighted by molar-refractivity contribution is -0.141. The van der Waals surface area contributed by atoms with Gasteiger partial charge in [0.2, 0.25) is 5.95 Å². The van der Waals surface area contributed by atoms with Crippen LogP contribution in [-0.2, 0) is 11.3 Å². The maximum Gasteiger partial charge on any atom is 0.308 e. The normalized spacial score (nSPS) is 19.1. The number of aliphatic carboxylic acids is 1. The first-order chi connectivity index (χ1) is 10.1. The Morgan fingerprint density at radius 2 is 2.29 bits per heavy atom. The molecule has 1 aromatic heterocycles. The first kappa shape index (κ1) is 13.9. The number of hydrogen-bond acceptors (Lipinski definition) is 3. The highest BCUT2D eigenvalue weighted by Crippen LogP contribution is 2.27. The molecule has 1 unspecified atom stereocenters. The monoisotopic (exact) mass is 287 g/mol. The number of anilines is 1. The number of benzene rings is 1. The van der Waals surface area contributed by atoms with Crippen LogP contribution >= 0.6 is 0 Å². The molecular weight excluding hydrogens is 266 g/mol. The van der Waals surface area contributed by atoms with Gasteiger partial charge >= 0.3 is 5.97 Å². The summed E-state index contributed by atoms with van der Waals surface area (Å²) in [5.74, 6) is -0.0793. The molecule has 1 fully saturated rings. The summed E-state index contributed by atoms with van der Waals surface area (Å²) in [5, 5.41) is 9.25. The van der Waals surface area contributed by atoms with Gasteiger partial charge in [-0.25, -0.2) is 4.98 Å². The maximum absolute atomic E-state index is 11.2. The van der Waals surface area contributed by atoms with Gasteiger partial charge in [-0.2, -0.15) is 0 Å². The Balaban J connectivity index is 2.01. The molecule has 1 aliphatic heterocycles. The molecule has 1 atom stereocenters. The van der Waals surface area contributed by atoms with Crippen molar-refractivity contribution in [1.82, 2.24) is 9.55 Å². The molecule has 1 N–H and O–H groups in total. The van der Waals surface area contributed by atoms with Crippen molar-refractivity contribution in [2.75, 3.05) is 18.0 Å². The fraction of sp³-hybridized carbons (Fsp3) is 0.500. The Morgan fingerprint density at radius 3 is 3.00 bits per heavy atom. The van der Waals surface area contributed by atoms with Gasteiger partial charge in [0, 0.05) is 19.6 Å². The summed E-state index contributed by atoms with van der Waals surface area (Å²) >= 11 is 0. The molecule has 5 nitrogen and oxygen atoms in total. The molecule has 112 valence electrons. The number of piperidine rings is 1. The SMILES string of the molecule is CCn1c(N2CCCC(C(=O)O)C2)nc2cc(C)ccc21. The Bertz CT molecular complexity index is 677. The van der Waals surface area contributed by atoms with E-state index in [4.69, 9.17) is 4.98 Å².